The van der Waals surface area contributed by atoms with Crippen molar-refractivity contribution in [1.82, 2.24) is 19.8 Å². The van der Waals surface area contributed by atoms with Crippen LogP contribution in [0.3, 0.4) is 0 Å². The van der Waals surface area contributed by atoms with Gasteiger partial charge >= 0.3 is 0 Å². The van der Waals surface area contributed by atoms with E-state index in [9.17, 15) is 8.42 Å². The Bertz CT molecular complexity index is 757. The highest BCUT2D eigenvalue weighted by Crippen LogP contribution is 2.19. The van der Waals surface area contributed by atoms with E-state index in [1.54, 1.807) is 6.26 Å². The summed E-state index contributed by atoms with van der Waals surface area (Å²) in [5.41, 5.74) is 0. The van der Waals surface area contributed by atoms with Crippen molar-refractivity contribution in [2.24, 2.45) is 4.99 Å². The van der Waals surface area contributed by atoms with Crippen LogP contribution in [-0.2, 0) is 16.4 Å². The molecule has 8 nitrogen and oxygen atoms in total. The van der Waals surface area contributed by atoms with E-state index in [2.05, 4.69) is 26.8 Å². The van der Waals surface area contributed by atoms with Gasteiger partial charge in [0.1, 0.15) is 5.76 Å². The maximum atomic E-state index is 12.4. The van der Waals surface area contributed by atoms with Crippen molar-refractivity contribution in [3.63, 3.8) is 0 Å². The number of guanidine groups is 1. The molecule has 30 heavy (non-hydrogen) atoms. The summed E-state index contributed by atoms with van der Waals surface area (Å²) in [5, 5.41) is 3.05. The van der Waals surface area contributed by atoms with Gasteiger partial charge in [-0.3, -0.25) is 9.89 Å². The van der Waals surface area contributed by atoms with E-state index in [0.29, 0.717) is 38.6 Å². The van der Waals surface area contributed by atoms with Crippen LogP contribution in [0.2, 0.25) is 0 Å². The van der Waals surface area contributed by atoms with E-state index in [-0.39, 0.29) is 24.0 Å². The molecule has 10 heteroatoms. The second-order valence-corrected chi connectivity index (χ2v) is 9.79. The molecular formula is C20H36IN5O3S. The first-order valence-electron chi connectivity index (χ1n) is 10.8. The highest BCUT2D eigenvalue weighted by molar-refractivity contribution is 14.0. The topological polar surface area (TPSA) is 90.2 Å². The number of nitrogens with zero attached hydrogens (tertiary/aromatic N) is 3. The molecule has 0 aromatic carbocycles. The average Bonchev–Trinajstić information content (AvgIpc) is 3.46. The lowest BCUT2D eigenvalue weighted by Gasteiger charge is -2.25. The summed E-state index contributed by atoms with van der Waals surface area (Å²) in [4.78, 5) is 9.48. The Kier molecular flexibility index (Phi) is 10.4. The molecule has 0 bridgehead atoms. The molecule has 2 saturated heterocycles. The fourth-order valence-corrected chi connectivity index (χ4v) is 5.65. The third-order valence-electron chi connectivity index (χ3n) is 5.82. The lowest BCUT2D eigenvalue weighted by atomic mass is 10.2. The highest BCUT2D eigenvalue weighted by atomic mass is 127. The second-order valence-electron chi connectivity index (χ2n) is 7.74. The summed E-state index contributed by atoms with van der Waals surface area (Å²) in [6, 6.07) is 4.33. The molecule has 0 amide bonds. The molecule has 0 aliphatic carbocycles. The fourth-order valence-electron chi connectivity index (χ4n) is 4.22. The molecule has 3 rings (SSSR count). The van der Waals surface area contributed by atoms with Crippen LogP contribution in [0.5, 0.6) is 0 Å². The molecule has 2 atom stereocenters. The van der Waals surface area contributed by atoms with Crippen molar-refractivity contribution in [3.8, 4) is 0 Å². The van der Waals surface area contributed by atoms with Crippen LogP contribution in [0.25, 0.3) is 0 Å². The van der Waals surface area contributed by atoms with Crippen molar-refractivity contribution in [1.29, 1.82) is 0 Å². The lowest BCUT2D eigenvalue weighted by molar-refractivity contribution is 0.272. The van der Waals surface area contributed by atoms with Crippen molar-refractivity contribution in [3.05, 3.63) is 24.2 Å². The summed E-state index contributed by atoms with van der Waals surface area (Å²) in [6.07, 6.45) is 5.47. The summed E-state index contributed by atoms with van der Waals surface area (Å²) < 4.78 is 32.9. The maximum Gasteiger partial charge on any atom is 0.216 e. The number of halogens is 1. The average molecular weight is 554 g/mol. The van der Waals surface area contributed by atoms with Gasteiger partial charge in [0.25, 0.3) is 0 Å². The first-order chi connectivity index (χ1) is 14.0. The Morgan fingerprint density at radius 1 is 1.30 bits per heavy atom. The predicted molar refractivity (Wildman–Crippen MR) is 131 cm³/mol. The summed E-state index contributed by atoms with van der Waals surface area (Å²) in [7, 11) is -3.27. The van der Waals surface area contributed by atoms with Gasteiger partial charge in [0.15, 0.2) is 5.96 Å². The number of rotatable bonds is 9. The van der Waals surface area contributed by atoms with Gasteiger partial charge in [-0.2, -0.15) is 0 Å². The SMILES string of the molecule is CCNS(=O)(=O)C1CCN(C(=NCC2CCCN2CC)NCCc2ccco2)C1.I. The quantitative estimate of drug-likeness (QED) is 0.276. The van der Waals surface area contributed by atoms with E-state index < -0.39 is 15.3 Å². The molecule has 2 aliphatic rings. The number of likely N-dealkylation sites (tertiary alicyclic amines) is 2. The lowest BCUT2D eigenvalue weighted by Crippen LogP contribution is -2.44. The molecule has 2 aliphatic heterocycles. The molecule has 2 N–H and O–H groups in total. The van der Waals surface area contributed by atoms with Crippen LogP contribution in [0.15, 0.2) is 27.8 Å². The Morgan fingerprint density at radius 3 is 2.83 bits per heavy atom. The number of hydrogen-bond donors (Lipinski definition) is 2. The fraction of sp³-hybridized carbons (Fsp3) is 0.750. The molecule has 3 heterocycles. The molecule has 0 radical (unpaired) electrons. The van der Waals surface area contributed by atoms with Gasteiger partial charge in [0.05, 0.1) is 18.1 Å². The minimum absolute atomic E-state index is 0. The van der Waals surface area contributed by atoms with Crippen LogP contribution in [0.4, 0.5) is 0 Å². The zero-order valence-corrected chi connectivity index (χ0v) is 21.2. The third-order valence-corrected chi connectivity index (χ3v) is 7.77. The number of furan rings is 1. The zero-order valence-electron chi connectivity index (χ0n) is 18.0. The standard InChI is InChI=1S/C20H35N5O3S.HI/c1-3-23-29(26,27)19-10-13-25(16-19)20(21-11-9-18-8-6-14-28-18)22-15-17-7-5-12-24(17)4-2;/h6,8,14,17,19,23H,3-5,7,9-13,15-16H2,1-2H3,(H,21,22);1H. The van der Waals surface area contributed by atoms with E-state index in [1.165, 1.54) is 12.8 Å². The van der Waals surface area contributed by atoms with Crippen molar-refractivity contribution in [2.45, 2.75) is 50.8 Å². The highest BCUT2D eigenvalue weighted by Gasteiger charge is 2.34. The summed E-state index contributed by atoms with van der Waals surface area (Å²) in [5.74, 6) is 1.74. The van der Waals surface area contributed by atoms with Crippen LogP contribution in [0.1, 0.15) is 38.9 Å². The van der Waals surface area contributed by atoms with E-state index in [4.69, 9.17) is 9.41 Å². The molecule has 1 aromatic heterocycles. The largest absolute Gasteiger partial charge is 0.469 e. The van der Waals surface area contributed by atoms with Gasteiger partial charge in [0.2, 0.25) is 10.0 Å². The molecular weight excluding hydrogens is 517 g/mol. The minimum atomic E-state index is -3.27. The van der Waals surface area contributed by atoms with Gasteiger partial charge in [0, 0.05) is 38.6 Å². The molecule has 172 valence electrons. The van der Waals surface area contributed by atoms with Crippen molar-refractivity contribution in [2.75, 3.05) is 45.8 Å². The van der Waals surface area contributed by atoms with Crippen LogP contribution >= 0.6 is 24.0 Å². The van der Waals surface area contributed by atoms with Gasteiger partial charge in [-0.25, -0.2) is 13.1 Å². The number of nitrogens with one attached hydrogen (secondary N) is 2. The van der Waals surface area contributed by atoms with Crippen molar-refractivity contribution < 1.29 is 12.8 Å². The van der Waals surface area contributed by atoms with Crippen LogP contribution < -0.4 is 10.0 Å². The van der Waals surface area contributed by atoms with Gasteiger partial charge in [-0.05, 0) is 44.5 Å². The van der Waals surface area contributed by atoms with Gasteiger partial charge in [-0.15, -0.1) is 24.0 Å². The smallest absolute Gasteiger partial charge is 0.216 e. The van der Waals surface area contributed by atoms with E-state index in [1.807, 2.05) is 19.1 Å². The second kappa shape index (κ2) is 12.3. The normalized spacial score (nSPS) is 23.0. The van der Waals surface area contributed by atoms with E-state index in [0.717, 1.165) is 37.8 Å². The number of likely N-dealkylation sites (N-methyl/N-ethyl adjacent to an activating group) is 1. The van der Waals surface area contributed by atoms with Gasteiger partial charge < -0.3 is 14.6 Å². The summed E-state index contributed by atoms with van der Waals surface area (Å²) in [6.45, 7) is 9.26. The number of sulfonamides is 1. The van der Waals surface area contributed by atoms with E-state index >= 15 is 0 Å². The number of hydrogen-bond acceptors (Lipinski definition) is 5. The van der Waals surface area contributed by atoms with Gasteiger partial charge in [-0.1, -0.05) is 13.8 Å². The Hall–Kier alpha value is -0.850. The molecule has 2 fully saturated rings. The minimum Gasteiger partial charge on any atom is -0.469 e. The zero-order chi connectivity index (χ0) is 20.7. The molecule has 1 aromatic rings. The Morgan fingerprint density at radius 2 is 2.13 bits per heavy atom. The first-order valence-corrected chi connectivity index (χ1v) is 12.4. The first kappa shape index (κ1) is 25.4. The molecule has 0 spiro atoms. The Balaban J connectivity index is 0.00000320. The number of aliphatic imine (C=N–C) groups is 1. The monoisotopic (exact) mass is 553 g/mol. The maximum absolute atomic E-state index is 12.4. The van der Waals surface area contributed by atoms with Crippen molar-refractivity contribution >= 4 is 40.0 Å². The molecule has 2 unspecified atom stereocenters. The Labute approximate surface area is 197 Å². The van der Waals surface area contributed by atoms with Crippen LogP contribution in [-0.4, -0.2) is 81.3 Å². The van der Waals surface area contributed by atoms with Crippen LogP contribution in [0, 0.1) is 0 Å². The molecule has 0 saturated carbocycles. The summed E-state index contributed by atoms with van der Waals surface area (Å²) >= 11 is 0. The third kappa shape index (κ3) is 6.83. The predicted octanol–water partition coefficient (Wildman–Crippen LogP) is 1.88.